The molecule has 3 atom stereocenters. The lowest BCUT2D eigenvalue weighted by Gasteiger charge is -2.64. The van der Waals surface area contributed by atoms with Crippen LogP contribution in [0.5, 0.6) is 0 Å². The van der Waals surface area contributed by atoms with E-state index in [9.17, 15) is 0 Å². The van der Waals surface area contributed by atoms with Crippen LogP contribution in [0.4, 0.5) is 0 Å². The molecule has 0 amide bonds. The molecule has 1 heterocycles. The van der Waals surface area contributed by atoms with Gasteiger partial charge in [-0.1, -0.05) is 86.8 Å². The summed E-state index contributed by atoms with van der Waals surface area (Å²) >= 11 is 3.82. The molecule has 0 radical (unpaired) electrons. The molecule has 3 saturated carbocycles. The van der Waals surface area contributed by atoms with Gasteiger partial charge in [-0.25, -0.2) is 0 Å². The minimum absolute atomic E-state index is 0.353. The third-order valence-corrected chi connectivity index (χ3v) is 11.8. The van der Waals surface area contributed by atoms with Crippen molar-refractivity contribution in [3.8, 4) is 0 Å². The highest BCUT2D eigenvalue weighted by atomic mass is 33.1. The van der Waals surface area contributed by atoms with Gasteiger partial charge in [0.25, 0.3) is 0 Å². The second kappa shape index (κ2) is 9.41. The lowest BCUT2D eigenvalue weighted by molar-refractivity contribution is -0.0851. The Kier molecular flexibility index (Phi) is 7.71. The summed E-state index contributed by atoms with van der Waals surface area (Å²) in [6.45, 7) is 9.70. The van der Waals surface area contributed by atoms with Crippen molar-refractivity contribution in [2.45, 2.75) is 98.9 Å². The van der Waals surface area contributed by atoms with Crippen LogP contribution in [0.3, 0.4) is 0 Å². The maximum absolute atomic E-state index is 4.50. The summed E-state index contributed by atoms with van der Waals surface area (Å²) in [7, 11) is 3.78. The molecule has 0 saturated heterocycles. The fourth-order valence-electron chi connectivity index (χ4n) is 4.80. The van der Waals surface area contributed by atoms with Crippen molar-refractivity contribution in [2.75, 3.05) is 5.75 Å². The Morgan fingerprint density at radius 2 is 1.77 bits per heavy atom. The van der Waals surface area contributed by atoms with E-state index in [0.29, 0.717) is 10.2 Å². The lowest BCUT2D eigenvalue weighted by atomic mass is 9.45. The number of thioether (sulfide) groups is 1. The molecule has 3 aliphatic carbocycles. The van der Waals surface area contributed by atoms with Crippen LogP contribution in [0, 0.1) is 17.3 Å². The van der Waals surface area contributed by atoms with Crippen molar-refractivity contribution in [3.05, 3.63) is 0 Å². The van der Waals surface area contributed by atoms with E-state index in [2.05, 4.69) is 37.9 Å². The van der Waals surface area contributed by atoms with Crippen LogP contribution in [-0.4, -0.2) is 20.7 Å². The maximum Gasteiger partial charge on any atom is 0.185 e. The minimum Gasteiger partial charge on any atom is -0.131 e. The first kappa shape index (κ1) is 21.3. The molecule has 6 heteroatoms. The molecule has 4 rings (SSSR count). The number of nitrogens with zero attached hydrogens (tertiary/aromatic N) is 2. The van der Waals surface area contributed by atoms with E-state index >= 15 is 0 Å². The molecule has 0 N–H and O–H groups in total. The van der Waals surface area contributed by atoms with Crippen LogP contribution in [-0.2, 0) is 0 Å². The molecular formula is C20H34N2S4. The summed E-state index contributed by atoms with van der Waals surface area (Å²) in [4.78, 5) is 0. The van der Waals surface area contributed by atoms with Crippen LogP contribution in [0.15, 0.2) is 8.68 Å². The van der Waals surface area contributed by atoms with Gasteiger partial charge in [-0.05, 0) is 60.7 Å². The monoisotopic (exact) mass is 430 g/mol. The molecule has 0 aliphatic heterocycles. The Labute approximate surface area is 176 Å². The van der Waals surface area contributed by atoms with Gasteiger partial charge in [0.1, 0.15) is 0 Å². The van der Waals surface area contributed by atoms with Gasteiger partial charge in [-0.3, -0.25) is 0 Å². The van der Waals surface area contributed by atoms with Crippen molar-refractivity contribution in [1.82, 2.24) is 10.2 Å². The number of fused-ring (bicyclic) bond motifs is 2. The van der Waals surface area contributed by atoms with Gasteiger partial charge in [0.05, 0.1) is 0 Å². The summed E-state index contributed by atoms with van der Waals surface area (Å²) in [6, 6.07) is 0. The van der Waals surface area contributed by atoms with E-state index in [1.807, 2.05) is 33.3 Å². The molecule has 3 fully saturated rings. The fraction of sp³-hybridized carbons (Fsp3) is 0.900. The number of hydrogen-bond acceptors (Lipinski definition) is 6. The quantitative estimate of drug-likeness (QED) is 0.262. The normalized spacial score (nSPS) is 29.5. The van der Waals surface area contributed by atoms with Gasteiger partial charge in [-0.15, -0.1) is 10.2 Å². The van der Waals surface area contributed by atoms with E-state index in [1.54, 1.807) is 11.3 Å². The smallest absolute Gasteiger partial charge is 0.131 e. The molecular weight excluding hydrogens is 397 g/mol. The standard InChI is InChI=1S/C20H34N2S4/c1-5-6-7-8-9-10-13-23-26-18-22-21-17(24-18)25-20(4)12-11-15-14-16(20)19(15,2)3/h15-16H,5-14H2,1-4H3. The molecule has 1 aromatic rings. The number of aromatic nitrogens is 2. The van der Waals surface area contributed by atoms with Crippen molar-refractivity contribution >= 4 is 44.7 Å². The molecule has 3 aliphatic rings. The summed E-state index contributed by atoms with van der Waals surface area (Å²) in [5.41, 5.74) is 0.523. The van der Waals surface area contributed by atoms with Crippen molar-refractivity contribution in [3.63, 3.8) is 0 Å². The van der Waals surface area contributed by atoms with Crippen LogP contribution < -0.4 is 0 Å². The molecule has 2 bridgehead atoms. The summed E-state index contributed by atoms with van der Waals surface area (Å²) < 4.78 is 2.66. The van der Waals surface area contributed by atoms with Crippen molar-refractivity contribution in [2.24, 2.45) is 17.3 Å². The van der Waals surface area contributed by atoms with Crippen molar-refractivity contribution in [1.29, 1.82) is 0 Å². The minimum atomic E-state index is 0.353. The van der Waals surface area contributed by atoms with E-state index in [1.165, 1.54) is 67.9 Å². The van der Waals surface area contributed by atoms with E-state index in [4.69, 9.17) is 0 Å². The second-order valence-corrected chi connectivity index (χ2v) is 14.2. The topological polar surface area (TPSA) is 25.8 Å². The summed E-state index contributed by atoms with van der Waals surface area (Å²) in [5.74, 6) is 3.02. The summed E-state index contributed by atoms with van der Waals surface area (Å²) in [6.07, 6.45) is 12.4. The zero-order valence-electron chi connectivity index (χ0n) is 16.8. The van der Waals surface area contributed by atoms with E-state index < -0.39 is 0 Å². The Morgan fingerprint density at radius 3 is 2.50 bits per heavy atom. The predicted octanol–water partition coefficient (Wildman–Crippen LogP) is 7.95. The molecule has 0 aromatic carbocycles. The molecule has 3 unspecified atom stereocenters. The molecule has 0 spiro atoms. The van der Waals surface area contributed by atoms with Crippen LogP contribution in [0.1, 0.15) is 85.5 Å². The highest BCUT2D eigenvalue weighted by molar-refractivity contribution is 8.77. The molecule has 148 valence electrons. The lowest BCUT2D eigenvalue weighted by Crippen LogP contribution is -2.58. The van der Waals surface area contributed by atoms with E-state index in [0.717, 1.165) is 16.2 Å². The van der Waals surface area contributed by atoms with Gasteiger partial charge in [0.15, 0.2) is 8.68 Å². The second-order valence-electron chi connectivity index (χ2n) is 8.77. The van der Waals surface area contributed by atoms with Crippen LogP contribution >= 0.6 is 44.7 Å². The number of unbranched alkanes of at least 4 members (excludes halogenated alkanes) is 5. The Bertz CT molecular complexity index is 572. The third-order valence-electron chi connectivity index (χ3n) is 6.62. The van der Waals surface area contributed by atoms with Gasteiger partial charge in [0.2, 0.25) is 0 Å². The van der Waals surface area contributed by atoms with Crippen LogP contribution in [0.25, 0.3) is 0 Å². The first-order valence-electron chi connectivity index (χ1n) is 10.3. The molecule has 26 heavy (non-hydrogen) atoms. The largest absolute Gasteiger partial charge is 0.185 e. The molecule has 1 aromatic heterocycles. The highest BCUT2D eigenvalue weighted by Gasteiger charge is 2.59. The maximum atomic E-state index is 4.50. The van der Waals surface area contributed by atoms with Gasteiger partial charge in [0, 0.05) is 10.5 Å². The number of rotatable bonds is 11. The Balaban J connectivity index is 1.38. The SMILES string of the molecule is CCCCCCCCSSc1nnc(SC2(C)CCC3CC2C3(C)C)s1. The summed E-state index contributed by atoms with van der Waals surface area (Å²) in [5, 5.41) is 8.94. The Hall–Kier alpha value is 0.610. The Morgan fingerprint density at radius 1 is 1.04 bits per heavy atom. The average molecular weight is 431 g/mol. The highest BCUT2D eigenvalue weighted by Crippen LogP contribution is 2.67. The zero-order valence-corrected chi connectivity index (χ0v) is 20.0. The van der Waals surface area contributed by atoms with E-state index in [-0.39, 0.29) is 0 Å². The van der Waals surface area contributed by atoms with Crippen molar-refractivity contribution < 1.29 is 0 Å². The first-order valence-corrected chi connectivity index (χ1v) is 14.2. The van der Waals surface area contributed by atoms with Crippen LogP contribution in [0.2, 0.25) is 0 Å². The third kappa shape index (κ3) is 4.96. The average Bonchev–Trinajstić information content (AvgIpc) is 3.03. The molecule has 2 nitrogen and oxygen atoms in total. The van der Waals surface area contributed by atoms with Gasteiger partial charge < -0.3 is 0 Å². The number of hydrogen-bond donors (Lipinski definition) is 0. The van der Waals surface area contributed by atoms with Gasteiger partial charge in [-0.2, -0.15) is 0 Å². The zero-order chi connectivity index (χ0) is 18.6. The van der Waals surface area contributed by atoms with Gasteiger partial charge >= 0.3 is 0 Å². The predicted molar refractivity (Wildman–Crippen MR) is 120 cm³/mol. The first-order chi connectivity index (χ1) is 12.5. The fourth-order valence-corrected chi connectivity index (χ4v) is 10.2.